The van der Waals surface area contributed by atoms with Crippen LogP contribution >= 0.6 is 0 Å². The largest absolute Gasteiger partial charge is 0.383 e. The maximum absolute atomic E-state index is 12.4. The highest BCUT2D eigenvalue weighted by Crippen LogP contribution is 2.35. The maximum atomic E-state index is 12.4. The quantitative estimate of drug-likeness (QED) is 0.408. The molecule has 2 aliphatic rings. The van der Waals surface area contributed by atoms with Crippen LogP contribution in [0, 0.1) is 11.8 Å². The van der Waals surface area contributed by atoms with E-state index in [1.165, 1.54) is 25.7 Å². The standard InChI is InChI=1S/C20H32N4O3S/c1-21-20(24-14-17-7-3-4-8-18(17)15-24)22-13-16-6-5-9-19(12-16)28(25,26)23-10-11-27-2/h5-6,9,12,17-18,23H,3-4,7-8,10-11,13-15H2,1-2H3,(H,21,22). The summed E-state index contributed by atoms with van der Waals surface area (Å²) < 4.78 is 32.2. The average Bonchev–Trinajstić information content (AvgIpc) is 3.13. The summed E-state index contributed by atoms with van der Waals surface area (Å²) in [5.74, 6) is 2.48. The lowest BCUT2D eigenvalue weighted by Crippen LogP contribution is -2.39. The molecule has 0 radical (unpaired) electrons. The number of nitrogens with one attached hydrogen (secondary N) is 2. The Kier molecular flexibility index (Phi) is 7.31. The van der Waals surface area contributed by atoms with Crippen molar-refractivity contribution >= 4 is 16.0 Å². The number of hydrogen-bond donors (Lipinski definition) is 2. The fourth-order valence-electron chi connectivity index (χ4n) is 4.28. The number of hydrogen-bond acceptors (Lipinski definition) is 4. The van der Waals surface area contributed by atoms with Gasteiger partial charge in [-0.1, -0.05) is 25.0 Å². The van der Waals surface area contributed by atoms with Gasteiger partial charge in [0.1, 0.15) is 0 Å². The van der Waals surface area contributed by atoms with E-state index in [9.17, 15) is 8.42 Å². The molecule has 1 heterocycles. The fourth-order valence-corrected chi connectivity index (χ4v) is 5.36. The van der Waals surface area contributed by atoms with Crippen LogP contribution in [-0.4, -0.2) is 59.7 Å². The molecule has 2 atom stereocenters. The molecule has 0 bridgehead atoms. The lowest BCUT2D eigenvalue weighted by atomic mass is 9.82. The van der Waals surface area contributed by atoms with Gasteiger partial charge in [-0.25, -0.2) is 13.1 Å². The first-order valence-corrected chi connectivity index (χ1v) is 11.5. The minimum absolute atomic E-state index is 0.255. The van der Waals surface area contributed by atoms with Crippen molar-refractivity contribution in [3.05, 3.63) is 29.8 Å². The smallest absolute Gasteiger partial charge is 0.240 e. The zero-order valence-electron chi connectivity index (χ0n) is 16.9. The molecule has 1 aliphatic heterocycles. The predicted molar refractivity (Wildman–Crippen MR) is 111 cm³/mol. The van der Waals surface area contributed by atoms with Crippen molar-refractivity contribution in [2.75, 3.05) is 40.4 Å². The van der Waals surface area contributed by atoms with Crippen molar-refractivity contribution in [1.82, 2.24) is 14.9 Å². The lowest BCUT2D eigenvalue weighted by molar-refractivity contribution is 0.204. The van der Waals surface area contributed by atoms with E-state index in [2.05, 4.69) is 19.9 Å². The third-order valence-corrected chi connectivity index (χ3v) is 7.20. The molecule has 1 aliphatic carbocycles. The van der Waals surface area contributed by atoms with Crippen LogP contribution in [0.4, 0.5) is 0 Å². The van der Waals surface area contributed by atoms with Crippen molar-refractivity contribution in [3.8, 4) is 0 Å². The number of ether oxygens (including phenoxy) is 1. The maximum Gasteiger partial charge on any atom is 0.240 e. The van der Waals surface area contributed by atoms with Crippen molar-refractivity contribution in [2.24, 2.45) is 16.8 Å². The van der Waals surface area contributed by atoms with Gasteiger partial charge in [0.05, 0.1) is 11.5 Å². The number of aliphatic imine (C=N–C) groups is 1. The first kappa shape index (κ1) is 21.1. The van der Waals surface area contributed by atoms with E-state index in [0.717, 1.165) is 36.4 Å². The fraction of sp³-hybridized carbons (Fsp3) is 0.650. The molecule has 3 rings (SSSR count). The summed E-state index contributed by atoms with van der Waals surface area (Å²) in [5.41, 5.74) is 0.910. The molecule has 0 aromatic heterocycles. The van der Waals surface area contributed by atoms with Crippen LogP contribution in [0.2, 0.25) is 0 Å². The number of likely N-dealkylation sites (tertiary alicyclic amines) is 1. The van der Waals surface area contributed by atoms with Gasteiger partial charge in [-0.05, 0) is 42.4 Å². The third-order valence-electron chi connectivity index (χ3n) is 5.75. The van der Waals surface area contributed by atoms with E-state index in [1.54, 1.807) is 25.3 Å². The Labute approximate surface area is 168 Å². The first-order chi connectivity index (χ1) is 13.5. The molecular weight excluding hydrogens is 376 g/mol. The van der Waals surface area contributed by atoms with Gasteiger partial charge in [0.25, 0.3) is 0 Å². The minimum atomic E-state index is -3.53. The van der Waals surface area contributed by atoms with Gasteiger partial charge in [-0.3, -0.25) is 4.99 Å². The molecule has 1 aromatic rings. The number of guanidine groups is 1. The molecule has 0 spiro atoms. The summed E-state index contributed by atoms with van der Waals surface area (Å²) in [6, 6.07) is 7.02. The van der Waals surface area contributed by atoms with Crippen LogP contribution in [0.25, 0.3) is 0 Å². The third kappa shape index (κ3) is 5.24. The molecule has 8 heteroatoms. The molecule has 1 saturated carbocycles. The number of fused-ring (bicyclic) bond motifs is 1. The Morgan fingerprint density at radius 1 is 1.25 bits per heavy atom. The van der Waals surface area contributed by atoms with Gasteiger partial charge >= 0.3 is 0 Å². The highest BCUT2D eigenvalue weighted by Gasteiger charge is 2.35. The van der Waals surface area contributed by atoms with Crippen molar-refractivity contribution in [2.45, 2.75) is 37.1 Å². The van der Waals surface area contributed by atoms with Crippen LogP contribution in [0.5, 0.6) is 0 Å². The monoisotopic (exact) mass is 408 g/mol. The second-order valence-corrected chi connectivity index (χ2v) is 9.42. The van der Waals surface area contributed by atoms with Crippen LogP contribution in [0.3, 0.4) is 0 Å². The van der Waals surface area contributed by atoms with Gasteiger partial charge in [-0.2, -0.15) is 0 Å². The zero-order valence-corrected chi connectivity index (χ0v) is 17.7. The second-order valence-electron chi connectivity index (χ2n) is 7.65. The predicted octanol–water partition coefficient (Wildman–Crippen LogP) is 1.81. The Balaban J connectivity index is 1.59. The number of nitrogens with zero attached hydrogens (tertiary/aromatic N) is 2. The summed E-state index contributed by atoms with van der Waals surface area (Å²) in [5, 5.41) is 3.41. The molecule has 28 heavy (non-hydrogen) atoms. The normalized spacial score (nSPS) is 22.9. The summed E-state index contributed by atoms with van der Waals surface area (Å²) in [6.45, 7) is 3.28. The van der Waals surface area contributed by atoms with Crippen LogP contribution in [0.15, 0.2) is 34.2 Å². The van der Waals surface area contributed by atoms with E-state index in [1.807, 2.05) is 13.1 Å². The number of sulfonamides is 1. The molecule has 156 valence electrons. The van der Waals surface area contributed by atoms with Crippen molar-refractivity contribution in [1.29, 1.82) is 0 Å². The highest BCUT2D eigenvalue weighted by molar-refractivity contribution is 7.89. The van der Waals surface area contributed by atoms with E-state index in [4.69, 9.17) is 4.74 Å². The molecular formula is C20H32N4O3S. The van der Waals surface area contributed by atoms with Crippen molar-refractivity contribution in [3.63, 3.8) is 0 Å². The number of rotatable bonds is 7. The lowest BCUT2D eigenvalue weighted by Gasteiger charge is -2.22. The SMILES string of the molecule is CN=C(NCc1cccc(S(=O)(=O)NCCOC)c1)N1CC2CCCCC2C1. The van der Waals surface area contributed by atoms with E-state index < -0.39 is 10.0 Å². The van der Waals surface area contributed by atoms with Gasteiger partial charge < -0.3 is 15.0 Å². The van der Waals surface area contributed by atoms with Gasteiger partial charge in [0, 0.05) is 40.3 Å². The van der Waals surface area contributed by atoms with Crippen LogP contribution in [-0.2, 0) is 21.3 Å². The molecule has 1 saturated heterocycles. The van der Waals surface area contributed by atoms with Gasteiger partial charge in [0.15, 0.2) is 5.96 Å². The Morgan fingerprint density at radius 3 is 2.61 bits per heavy atom. The Morgan fingerprint density at radius 2 is 1.96 bits per heavy atom. The molecule has 2 N–H and O–H groups in total. The topological polar surface area (TPSA) is 83.0 Å². The summed E-state index contributed by atoms with van der Waals surface area (Å²) in [7, 11) is -0.173. The van der Waals surface area contributed by atoms with Crippen LogP contribution < -0.4 is 10.0 Å². The minimum Gasteiger partial charge on any atom is -0.383 e. The number of benzene rings is 1. The summed E-state index contributed by atoms with van der Waals surface area (Å²) in [4.78, 5) is 7.07. The second kappa shape index (κ2) is 9.71. The van der Waals surface area contributed by atoms with E-state index in [-0.39, 0.29) is 11.4 Å². The van der Waals surface area contributed by atoms with E-state index in [0.29, 0.717) is 13.2 Å². The first-order valence-electron chi connectivity index (χ1n) is 10.1. The number of methoxy groups -OCH3 is 1. The van der Waals surface area contributed by atoms with Gasteiger partial charge in [0.2, 0.25) is 10.0 Å². The van der Waals surface area contributed by atoms with E-state index >= 15 is 0 Å². The Hall–Kier alpha value is -1.64. The summed E-state index contributed by atoms with van der Waals surface area (Å²) >= 11 is 0. The molecule has 2 fully saturated rings. The van der Waals surface area contributed by atoms with Crippen molar-refractivity contribution < 1.29 is 13.2 Å². The van der Waals surface area contributed by atoms with Crippen LogP contribution in [0.1, 0.15) is 31.2 Å². The highest BCUT2D eigenvalue weighted by atomic mass is 32.2. The van der Waals surface area contributed by atoms with Gasteiger partial charge in [-0.15, -0.1) is 0 Å². The average molecular weight is 409 g/mol. The molecule has 0 amide bonds. The summed E-state index contributed by atoms with van der Waals surface area (Å²) in [6.07, 6.45) is 5.35. The molecule has 7 nitrogen and oxygen atoms in total. The zero-order chi connectivity index (χ0) is 20.0. The molecule has 1 aromatic carbocycles. The Bertz CT molecular complexity index is 767. The molecule has 2 unspecified atom stereocenters.